The fraction of sp³-hybridized carbons (Fsp3) is 0.929. The van der Waals surface area contributed by atoms with Gasteiger partial charge in [0.2, 0.25) is 5.91 Å². The first-order chi connectivity index (χ1) is 9.15. The van der Waals surface area contributed by atoms with Crippen molar-refractivity contribution in [3.05, 3.63) is 0 Å². The van der Waals surface area contributed by atoms with Crippen LogP contribution in [0.5, 0.6) is 0 Å². The third-order valence-electron chi connectivity index (χ3n) is 4.17. The summed E-state index contributed by atoms with van der Waals surface area (Å²) in [5.41, 5.74) is 3.67. The fourth-order valence-electron chi connectivity index (χ4n) is 2.83. The summed E-state index contributed by atoms with van der Waals surface area (Å²) < 4.78 is 0. The lowest BCUT2D eigenvalue weighted by atomic mass is 10.1. The Balaban J connectivity index is 1.65. The zero-order valence-electron chi connectivity index (χ0n) is 12.4. The number of hydrogen-bond donors (Lipinski definition) is 1. The van der Waals surface area contributed by atoms with Gasteiger partial charge in [0.05, 0.1) is 6.54 Å². The maximum Gasteiger partial charge on any atom is 0.236 e. The van der Waals surface area contributed by atoms with Crippen molar-refractivity contribution in [2.45, 2.75) is 38.1 Å². The average molecular weight is 268 g/mol. The van der Waals surface area contributed by atoms with Crippen LogP contribution in [0.25, 0.3) is 0 Å². The van der Waals surface area contributed by atoms with Crippen LogP contribution >= 0.6 is 0 Å². The summed E-state index contributed by atoms with van der Waals surface area (Å²) in [6, 6.07) is 0.601. The van der Waals surface area contributed by atoms with Crippen molar-refractivity contribution >= 4 is 5.91 Å². The van der Waals surface area contributed by atoms with E-state index in [1.807, 2.05) is 14.1 Å². The first-order valence-electron chi connectivity index (χ1n) is 7.59. The van der Waals surface area contributed by atoms with Gasteiger partial charge in [-0.2, -0.15) is 0 Å². The minimum atomic E-state index is 0.211. The van der Waals surface area contributed by atoms with Crippen LogP contribution in [0.15, 0.2) is 0 Å². The Hall–Kier alpha value is -0.650. The van der Waals surface area contributed by atoms with Crippen LogP contribution in [0.3, 0.4) is 0 Å². The molecule has 0 aromatic rings. The number of carbonyl (C=O) groups excluding carboxylic acids is 1. The van der Waals surface area contributed by atoms with Gasteiger partial charge in [-0.3, -0.25) is 15.1 Å². The van der Waals surface area contributed by atoms with E-state index in [1.54, 1.807) is 4.90 Å². The highest BCUT2D eigenvalue weighted by Gasteiger charge is 2.23. The van der Waals surface area contributed by atoms with Gasteiger partial charge >= 0.3 is 0 Å². The average Bonchev–Trinajstić information content (AvgIpc) is 2.42. The first-order valence-corrected chi connectivity index (χ1v) is 7.59. The van der Waals surface area contributed by atoms with Crippen molar-refractivity contribution in [2.24, 2.45) is 0 Å². The second-order valence-corrected chi connectivity index (χ2v) is 6.02. The molecule has 5 nitrogen and oxygen atoms in total. The number of piperidine rings is 2. The molecule has 1 amide bonds. The first kappa shape index (κ1) is 14.8. The van der Waals surface area contributed by atoms with Gasteiger partial charge in [0.25, 0.3) is 0 Å². The number of nitrogens with zero attached hydrogens (tertiary/aromatic N) is 3. The van der Waals surface area contributed by atoms with E-state index in [9.17, 15) is 4.79 Å². The summed E-state index contributed by atoms with van der Waals surface area (Å²) in [6.07, 6.45) is 6.32. The van der Waals surface area contributed by atoms with Crippen LogP contribution in [-0.2, 0) is 4.79 Å². The molecule has 2 rings (SSSR count). The smallest absolute Gasteiger partial charge is 0.236 e. The lowest BCUT2D eigenvalue weighted by Gasteiger charge is -2.37. The normalized spacial score (nSPS) is 23.5. The number of likely N-dealkylation sites (tertiary alicyclic amines) is 1. The van der Waals surface area contributed by atoms with Gasteiger partial charge in [-0.25, -0.2) is 5.01 Å². The Morgan fingerprint density at radius 3 is 2.32 bits per heavy atom. The molecule has 2 heterocycles. The van der Waals surface area contributed by atoms with Crippen molar-refractivity contribution in [3.8, 4) is 0 Å². The van der Waals surface area contributed by atoms with Gasteiger partial charge in [-0.05, 0) is 25.7 Å². The van der Waals surface area contributed by atoms with E-state index in [-0.39, 0.29) is 5.91 Å². The molecule has 0 atom stereocenters. The Bertz CT molecular complexity index is 281. The molecular formula is C14H28N4O. The predicted molar refractivity (Wildman–Crippen MR) is 76.7 cm³/mol. The van der Waals surface area contributed by atoms with Gasteiger partial charge < -0.3 is 4.90 Å². The monoisotopic (exact) mass is 268 g/mol. The van der Waals surface area contributed by atoms with Gasteiger partial charge in [0, 0.05) is 46.3 Å². The molecule has 19 heavy (non-hydrogen) atoms. The van der Waals surface area contributed by atoms with E-state index in [4.69, 9.17) is 0 Å². The molecule has 0 bridgehead atoms. The van der Waals surface area contributed by atoms with E-state index in [2.05, 4.69) is 15.3 Å². The summed E-state index contributed by atoms with van der Waals surface area (Å²) in [5, 5.41) is 2.40. The standard InChI is InChI=1S/C14H28N4O/c1-16(2)14(19)12-17-10-6-13(7-11-17)15-18-8-4-3-5-9-18/h13,15H,3-12H2,1-2H3. The third kappa shape index (κ3) is 4.75. The lowest BCUT2D eigenvalue weighted by Crippen LogP contribution is -2.52. The maximum atomic E-state index is 11.7. The largest absolute Gasteiger partial charge is 0.348 e. The van der Waals surface area contributed by atoms with Crippen LogP contribution < -0.4 is 5.43 Å². The number of nitrogens with one attached hydrogen (secondary N) is 1. The Labute approximate surface area is 116 Å². The Morgan fingerprint density at radius 2 is 1.74 bits per heavy atom. The highest BCUT2D eigenvalue weighted by Crippen LogP contribution is 2.13. The molecule has 0 spiro atoms. The zero-order valence-corrected chi connectivity index (χ0v) is 12.4. The highest BCUT2D eigenvalue weighted by atomic mass is 16.2. The van der Waals surface area contributed by atoms with Crippen LogP contribution in [0.1, 0.15) is 32.1 Å². The van der Waals surface area contributed by atoms with Gasteiger partial charge in [0.1, 0.15) is 0 Å². The maximum absolute atomic E-state index is 11.7. The molecule has 0 radical (unpaired) electrons. The van der Waals surface area contributed by atoms with Gasteiger partial charge in [-0.1, -0.05) is 6.42 Å². The van der Waals surface area contributed by atoms with Gasteiger partial charge in [-0.15, -0.1) is 0 Å². The molecule has 110 valence electrons. The fourth-order valence-corrected chi connectivity index (χ4v) is 2.83. The van der Waals surface area contributed by atoms with E-state index in [1.165, 1.54) is 32.4 Å². The van der Waals surface area contributed by atoms with Crippen LogP contribution in [0.4, 0.5) is 0 Å². The molecule has 2 aliphatic rings. The Morgan fingerprint density at radius 1 is 1.11 bits per heavy atom. The SMILES string of the molecule is CN(C)C(=O)CN1CCC(NN2CCCCC2)CC1. The number of amides is 1. The molecule has 0 aromatic heterocycles. The molecule has 0 aliphatic carbocycles. The van der Waals surface area contributed by atoms with Crippen LogP contribution in [0.2, 0.25) is 0 Å². The van der Waals surface area contributed by atoms with Crippen molar-refractivity contribution in [3.63, 3.8) is 0 Å². The highest BCUT2D eigenvalue weighted by molar-refractivity contribution is 5.77. The van der Waals surface area contributed by atoms with Crippen molar-refractivity contribution < 1.29 is 4.79 Å². The summed E-state index contributed by atoms with van der Waals surface area (Å²) in [5.74, 6) is 0.211. The molecular weight excluding hydrogens is 240 g/mol. The number of carbonyl (C=O) groups is 1. The van der Waals surface area contributed by atoms with E-state index in [0.717, 1.165) is 25.9 Å². The number of likely N-dealkylation sites (N-methyl/N-ethyl adjacent to an activating group) is 1. The van der Waals surface area contributed by atoms with Crippen LogP contribution in [-0.4, -0.2) is 73.6 Å². The zero-order chi connectivity index (χ0) is 13.7. The molecule has 2 aliphatic heterocycles. The minimum Gasteiger partial charge on any atom is -0.348 e. The molecule has 2 saturated heterocycles. The van der Waals surface area contributed by atoms with Crippen molar-refractivity contribution in [2.75, 3.05) is 46.8 Å². The minimum absolute atomic E-state index is 0.211. The van der Waals surface area contributed by atoms with E-state index in [0.29, 0.717) is 12.6 Å². The molecule has 0 saturated carbocycles. The predicted octanol–water partition coefficient (Wildman–Crippen LogP) is 0.530. The number of rotatable bonds is 4. The number of hydrazine groups is 1. The molecule has 0 aromatic carbocycles. The summed E-state index contributed by atoms with van der Waals surface area (Å²) in [7, 11) is 3.65. The quantitative estimate of drug-likeness (QED) is 0.807. The molecule has 0 unspecified atom stereocenters. The van der Waals surface area contributed by atoms with E-state index < -0.39 is 0 Å². The summed E-state index contributed by atoms with van der Waals surface area (Å²) >= 11 is 0. The topological polar surface area (TPSA) is 38.8 Å². The third-order valence-corrected chi connectivity index (χ3v) is 4.17. The lowest BCUT2D eigenvalue weighted by molar-refractivity contribution is -0.130. The summed E-state index contributed by atoms with van der Waals surface area (Å²) in [6.45, 7) is 5.03. The van der Waals surface area contributed by atoms with E-state index >= 15 is 0 Å². The van der Waals surface area contributed by atoms with Crippen LogP contribution in [0, 0.1) is 0 Å². The number of hydrogen-bond acceptors (Lipinski definition) is 4. The summed E-state index contributed by atoms with van der Waals surface area (Å²) in [4.78, 5) is 15.6. The second-order valence-electron chi connectivity index (χ2n) is 6.02. The Kier molecular flexibility index (Phi) is 5.60. The van der Waals surface area contributed by atoms with Gasteiger partial charge in [0.15, 0.2) is 0 Å². The van der Waals surface area contributed by atoms with Crippen molar-refractivity contribution in [1.82, 2.24) is 20.2 Å². The second kappa shape index (κ2) is 7.22. The molecule has 2 fully saturated rings. The molecule has 5 heteroatoms. The van der Waals surface area contributed by atoms with Crippen molar-refractivity contribution in [1.29, 1.82) is 0 Å². The molecule has 1 N–H and O–H groups in total.